The van der Waals surface area contributed by atoms with E-state index in [-0.39, 0.29) is 11.4 Å². The van der Waals surface area contributed by atoms with Gasteiger partial charge in [-0.1, -0.05) is 54.6 Å². The molecule has 2 N–H and O–H groups in total. The lowest BCUT2D eigenvalue weighted by Crippen LogP contribution is -2.45. The van der Waals surface area contributed by atoms with Crippen LogP contribution in [0.1, 0.15) is 23.2 Å². The quantitative estimate of drug-likeness (QED) is 0.172. The van der Waals surface area contributed by atoms with Gasteiger partial charge in [-0.3, -0.25) is 0 Å². The molecule has 270 valence electrons. The minimum absolute atomic E-state index is 0.231. The van der Waals surface area contributed by atoms with Crippen molar-refractivity contribution in [3.8, 4) is 16.3 Å². The number of nitrogens with one attached hydrogen (secondary N) is 1. The molecule has 0 saturated carbocycles. The van der Waals surface area contributed by atoms with Crippen LogP contribution in [-0.4, -0.2) is 98.2 Å². The molecule has 15 heteroatoms. The number of alkyl halides is 3. The Morgan fingerprint density at radius 2 is 1.56 bits per heavy atom. The predicted molar refractivity (Wildman–Crippen MR) is 187 cm³/mol. The van der Waals surface area contributed by atoms with E-state index in [1.165, 1.54) is 11.1 Å². The van der Waals surface area contributed by atoms with Gasteiger partial charge in [-0.15, -0.1) is 11.3 Å². The Bertz CT molecular complexity index is 1730. The molecule has 3 aromatic carbocycles. The molecule has 0 amide bonds. The monoisotopic (exact) mass is 733 g/mol. The summed E-state index contributed by atoms with van der Waals surface area (Å²) in [5, 5.41) is 13.5. The second-order valence-corrected chi connectivity index (χ2v) is 14.5. The molecule has 0 spiro atoms. The van der Waals surface area contributed by atoms with E-state index >= 15 is 0 Å². The highest BCUT2D eigenvalue weighted by atomic mass is 32.2. The smallest absolute Gasteiger partial charge is 0.490 e. The molecule has 1 fully saturated rings. The molecule has 1 aliphatic rings. The zero-order valence-corrected chi connectivity index (χ0v) is 29.6. The van der Waals surface area contributed by atoms with Gasteiger partial charge in [0.05, 0.1) is 24.2 Å². The summed E-state index contributed by atoms with van der Waals surface area (Å²) in [6, 6.07) is 25.4. The van der Waals surface area contributed by atoms with Crippen molar-refractivity contribution in [2.45, 2.75) is 37.1 Å². The zero-order chi connectivity index (χ0) is 36.1. The predicted octanol–water partition coefficient (Wildman–Crippen LogP) is 5.57. The van der Waals surface area contributed by atoms with E-state index in [4.69, 9.17) is 19.6 Å². The van der Waals surface area contributed by atoms with E-state index in [0.717, 1.165) is 68.5 Å². The lowest BCUT2D eigenvalue weighted by Gasteiger charge is -2.32. The number of carbonyl (C=O) groups is 1. The number of sulfonamides is 1. The van der Waals surface area contributed by atoms with Crippen molar-refractivity contribution < 1.29 is 36.2 Å². The molecule has 0 atom stereocenters. The average molecular weight is 734 g/mol. The Morgan fingerprint density at radius 1 is 0.960 bits per heavy atom. The van der Waals surface area contributed by atoms with Gasteiger partial charge in [0, 0.05) is 56.8 Å². The van der Waals surface area contributed by atoms with Crippen molar-refractivity contribution in [3.05, 3.63) is 101 Å². The zero-order valence-electron chi connectivity index (χ0n) is 28.0. The summed E-state index contributed by atoms with van der Waals surface area (Å²) in [5.74, 6) is -2.13. The molecule has 1 aromatic heterocycles. The summed E-state index contributed by atoms with van der Waals surface area (Å²) < 4.78 is 66.1. The number of thiazole rings is 1. The number of piperazine rings is 1. The number of hydrogen-bond donors (Lipinski definition) is 2. The first-order chi connectivity index (χ1) is 23.8. The van der Waals surface area contributed by atoms with Gasteiger partial charge in [0.15, 0.2) is 0 Å². The summed E-state index contributed by atoms with van der Waals surface area (Å²) in [6.07, 6.45) is -4.32. The Hall–Kier alpha value is -3.86. The summed E-state index contributed by atoms with van der Waals surface area (Å²) in [5.41, 5.74) is 4.25. The highest BCUT2D eigenvalue weighted by Gasteiger charge is 2.38. The van der Waals surface area contributed by atoms with E-state index < -0.39 is 22.2 Å². The number of nitrogens with zero attached hydrogens (tertiary/aromatic N) is 4. The number of likely N-dealkylation sites (N-methyl/N-ethyl adjacent to an activating group) is 1. The van der Waals surface area contributed by atoms with Gasteiger partial charge < -0.3 is 25.0 Å². The number of aromatic nitrogens is 1. The van der Waals surface area contributed by atoms with Crippen LogP contribution in [-0.2, 0) is 34.5 Å². The number of carboxylic acids is 1. The first-order valence-corrected chi connectivity index (χ1v) is 18.3. The molecule has 0 radical (unpaired) electrons. The minimum Gasteiger partial charge on any atom is -0.497 e. The van der Waals surface area contributed by atoms with Crippen LogP contribution in [0.25, 0.3) is 10.6 Å². The van der Waals surface area contributed by atoms with Crippen LogP contribution in [0.2, 0.25) is 0 Å². The standard InChI is InChI=1S/C33H41N5O3S2.C2HF3O2/c1-36-19-21-37(22-20-36)17-6-18-38(43(39,40)32-15-13-31(41-2)14-16-32)25-30-26-42-33(35-30)29-11-9-28(10-12-29)24-34-23-27-7-4-3-5-8-27;3-2(4,5)1(6)7/h3-5,7-16,26,34H,6,17-25H2,1-2H3;(H,6,7). The van der Waals surface area contributed by atoms with Crippen LogP contribution >= 0.6 is 11.3 Å². The van der Waals surface area contributed by atoms with Gasteiger partial charge in [-0.25, -0.2) is 18.2 Å². The minimum atomic E-state index is -5.08. The second kappa shape index (κ2) is 18.4. The van der Waals surface area contributed by atoms with E-state index in [0.29, 0.717) is 12.3 Å². The molecule has 2 heterocycles. The number of rotatable bonds is 14. The Balaban J connectivity index is 0.000000727. The van der Waals surface area contributed by atoms with Crippen LogP contribution in [0.5, 0.6) is 5.75 Å². The third-order valence-corrected chi connectivity index (χ3v) is 10.8. The molecule has 4 aromatic rings. The fourth-order valence-electron chi connectivity index (χ4n) is 5.13. The van der Waals surface area contributed by atoms with Gasteiger partial charge in [0.2, 0.25) is 10.0 Å². The van der Waals surface area contributed by atoms with Crippen molar-refractivity contribution in [1.82, 2.24) is 24.4 Å². The number of aliphatic carboxylic acids is 1. The van der Waals surface area contributed by atoms with Crippen LogP contribution in [0, 0.1) is 0 Å². The number of carboxylic acid groups (broad SMARTS) is 1. The summed E-state index contributed by atoms with van der Waals surface area (Å²) in [4.78, 5) is 18.8. The molecule has 0 bridgehead atoms. The molecule has 1 saturated heterocycles. The Labute approximate surface area is 295 Å². The van der Waals surface area contributed by atoms with Crippen molar-refractivity contribution in [2.24, 2.45) is 0 Å². The van der Waals surface area contributed by atoms with Crippen LogP contribution in [0.4, 0.5) is 13.2 Å². The van der Waals surface area contributed by atoms with Crippen molar-refractivity contribution in [2.75, 3.05) is 53.4 Å². The lowest BCUT2D eigenvalue weighted by atomic mass is 10.1. The molecule has 1 aliphatic heterocycles. The number of ether oxygens (including phenoxy) is 1. The van der Waals surface area contributed by atoms with Crippen molar-refractivity contribution >= 4 is 27.3 Å². The normalized spacial score (nSPS) is 14.3. The molecule has 50 heavy (non-hydrogen) atoms. The van der Waals surface area contributed by atoms with Crippen LogP contribution in [0.3, 0.4) is 0 Å². The summed E-state index contributed by atoms with van der Waals surface area (Å²) in [7, 11) is -0.00315. The molecule has 0 unspecified atom stereocenters. The SMILES string of the molecule is COc1ccc(S(=O)(=O)N(CCCN2CCN(C)CC2)Cc2csc(-c3ccc(CNCc4ccccc4)cc3)n2)cc1.O=C(O)C(F)(F)F. The highest BCUT2D eigenvalue weighted by molar-refractivity contribution is 7.89. The van der Waals surface area contributed by atoms with Gasteiger partial charge in [-0.05, 0) is 55.4 Å². The maximum absolute atomic E-state index is 13.8. The van der Waals surface area contributed by atoms with E-state index in [9.17, 15) is 21.6 Å². The van der Waals surface area contributed by atoms with E-state index in [2.05, 4.69) is 70.7 Å². The molecule has 5 rings (SSSR count). The number of halogens is 3. The maximum Gasteiger partial charge on any atom is 0.490 e. The Kier molecular flexibility index (Phi) is 14.3. The first-order valence-electron chi connectivity index (χ1n) is 16.0. The van der Waals surface area contributed by atoms with Crippen LogP contribution < -0.4 is 10.1 Å². The number of benzene rings is 3. The molecular formula is C35H42F3N5O5S2. The van der Waals surface area contributed by atoms with Gasteiger partial charge in [-0.2, -0.15) is 17.5 Å². The lowest BCUT2D eigenvalue weighted by molar-refractivity contribution is -0.192. The van der Waals surface area contributed by atoms with Crippen LogP contribution in [0.15, 0.2) is 89.1 Å². The number of methoxy groups -OCH3 is 1. The fourth-order valence-corrected chi connectivity index (χ4v) is 7.40. The van der Waals surface area contributed by atoms with Gasteiger partial charge >= 0.3 is 12.1 Å². The topological polar surface area (TPSA) is 115 Å². The molecular weight excluding hydrogens is 692 g/mol. The van der Waals surface area contributed by atoms with E-state index in [1.54, 1.807) is 47.0 Å². The molecule has 10 nitrogen and oxygen atoms in total. The Morgan fingerprint density at radius 3 is 2.14 bits per heavy atom. The van der Waals surface area contributed by atoms with Gasteiger partial charge in [0.25, 0.3) is 0 Å². The van der Waals surface area contributed by atoms with Crippen molar-refractivity contribution in [3.63, 3.8) is 0 Å². The average Bonchev–Trinajstić information content (AvgIpc) is 3.58. The molecule has 0 aliphatic carbocycles. The largest absolute Gasteiger partial charge is 0.497 e. The van der Waals surface area contributed by atoms with Crippen molar-refractivity contribution in [1.29, 1.82) is 0 Å². The fraction of sp³-hybridized carbons (Fsp3) is 0.371. The first kappa shape index (κ1) is 38.9. The highest BCUT2D eigenvalue weighted by Crippen LogP contribution is 2.27. The van der Waals surface area contributed by atoms with Gasteiger partial charge in [0.1, 0.15) is 10.8 Å². The summed E-state index contributed by atoms with van der Waals surface area (Å²) >= 11 is 1.55. The summed E-state index contributed by atoms with van der Waals surface area (Å²) in [6.45, 7) is 7.25. The third kappa shape index (κ3) is 11.9. The second-order valence-electron chi connectivity index (χ2n) is 11.7. The van der Waals surface area contributed by atoms with E-state index in [1.807, 2.05) is 11.4 Å². The maximum atomic E-state index is 13.8. The number of hydrogen-bond acceptors (Lipinski definition) is 9. The third-order valence-electron chi connectivity index (χ3n) is 8.01.